The largest absolute Gasteiger partial charge is 0.478 e. The lowest BCUT2D eigenvalue weighted by molar-refractivity contribution is 0.0672. The number of thiazole rings is 1. The van der Waals surface area contributed by atoms with Gasteiger partial charge in [0.25, 0.3) is 5.91 Å². The van der Waals surface area contributed by atoms with Crippen LogP contribution in [0.2, 0.25) is 0 Å². The van der Waals surface area contributed by atoms with Crippen LogP contribution in [0.25, 0.3) is 0 Å². The van der Waals surface area contributed by atoms with Gasteiger partial charge in [-0.05, 0) is 19.8 Å². The molecular weight excluding hydrogens is 304 g/mol. The average molecular weight is 320 g/mol. The Labute approximate surface area is 131 Å². The van der Waals surface area contributed by atoms with Gasteiger partial charge in [-0.1, -0.05) is 0 Å². The molecule has 0 bridgehead atoms. The summed E-state index contributed by atoms with van der Waals surface area (Å²) >= 11 is 1.62. The third kappa shape index (κ3) is 2.89. The molecule has 1 N–H and O–H groups in total. The molecule has 1 atom stereocenters. The second-order valence-corrected chi connectivity index (χ2v) is 6.31. The number of rotatable bonds is 3. The zero-order chi connectivity index (χ0) is 15.7. The predicted molar refractivity (Wildman–Crippen MR) is 80.4 cm³/mol. The number of likely N-dealkylation sites (tertiary alicyclic amines) is 1. The summed E-state index contributed by atoms with van der Waals surface area (Å²) in [7, 11) is 0. The van der Waals surface area contributed by atoms with E-state index in [4.69, 9.17) is 9.52 Å². The Morgan fingerprint density at radius 1 is 1.50 bits per heavy atom. The van der Waals surface area contributed by atoms with Crippen LogP contribution in [0.5, 0.6) is 0 Å². The Hall–Kier alpha value is -2.15. The molecule has 3 rings (SSSR count). The van der Waals surface area contributed by atoms with Crippen molar-refractivity contribution in [1.29, 1.82) is 0 Å². The van der Waals surface area contributed by atoms with Gasteiger partial charge >= 0.3 is 5.97 Å². The van der Waals surface area contributed by atoms with Crippen molar-refractivity contribution in [1.82, 2.24) is 9.88 Å². The van der Waals surface area contributed by atoms with E-state index in [1.807, 2.05) is 12.3 Å². The first-order valence-electron chi connectivity index (χ1n) is 7.07. The highest BCUT2D eigenvalue weighted by Gasteiger charge is 2.28. The van der Waals surface area contributed by atoms with Crippen LogP contribution in [0.15, 0.2) is 22.1 Å². The summed E-state index contributed by atoms with van der Waals surface area (Å²) in [5.74, 6) is -1.04. The third-order valence-corrected chi connectivity index (χ3v) is 4.88. The molecule has 0 radical (unpaired) electrons. The van der Waals surface area contributed by atoms with E-state index in [0.29, 0.717) is 13.1 Å². The highest BCUT2D eigenvalue weighted by molar-refractivity contribution is 7.09. The topological polar surface area (TPSA) is 83.6 Å². The van der Waals surface area contributed by atoms with E-state index in [1.165, 1.54) is 6.07 Å². The maximum Gasteiger partial charge on any atom is 0.338 e. The van der Waals surface area contributed by atoms with Gasteiger partial charge in [0.05, 0.1) is 10.6 Å². The molecule has 7 heteroatoms. The molecule has 1 aliphatic heterocycles. The van der Waals surface area contributed by atoms with Gasteiger partial charge in [0.2, 0.25) is 0 Å². The van der Waals surface area contributed by atoms with Crippen molar-refractivity contribution in [3.05, 3.63) is 39.7 Å². The normalized spacial score (nSPS) is 18.4. The molecule has 0 saturated carbocycles. The van der Waals surface area contributed by atoms with Crippen LogP contribution >= 0.6 is 11.3 Å². The molecule has 22 heavy (non-hydrogen) atoms. The molecule has 1 fully saturated rings. The van der Waals surface area contributed by atoms with Gasteiger partial charge < -0.3 is 14.4 Å². The number of furan rings is 1. The number of carbonyl (C=O) groups is 2. The molecular formula is C15H16N2O4S. The fraction of sp³-hybridized carbons (Fsp3) is 0.400. The van der Waals surface area contributed by atoms with Crippen molar-refractivity contribution >= 4 is 23.2 Å². The number of amides is 1. The maximum absolute atomic E-state index is 12.4. The zero-order valence-electron chi connectivity index (χ0n) is 12.1. The number of piperidine rings is 1. The van der Waals surface area contributed by atoms with Crippen LogP contribution in [0.3, 0.4) is 0 Å². The Morgan fingerprint density at radius 2 is 2.32 bits per heavy atom. The highest BCUT2D eigenvalue weighted by atomic mass is 32.1. The van der Waals surface area contributed by atoms with E-state index in [9.17, 15) is 9.59 Å². The monoisotopic (exact) mass is 320 g/mol. The lowest BCUT2D eigenvalue weighted by Crippen LogP contribution is -2.39. The zero-order valence-corrected chi connectivity index (χ0v) is 12.9. The Kier molecular flexibility index (Phi) is 3.98. The van der Waals surface area contributed by atoms with Crippen molar-refractivity contribution in [2.45, 2.75) is 25.7 Å². The average Bonchev–Trinajstić information content (AvgIpc) is 3.15. The van der Waals surface area contributed by atoms with Gasteiger partial charge in [-0.3, -0.25) is 4.79 Å². The van der Waals surface area contributed by atoms with Crippen molar-refractivity contribution < 1.29 is 19.1 Å². The van der Waals surface area contributed by atoms with Crippen LogP contribution in [0.4, 0.5) is 0 Å². The SMILES string of the molecule is Cc1csc(C2CCCN(C(=O)c3cc(C(=O)O)co3)C2)n1. The van der Waals surface area contributed by atoms with E-state index in [0.717, 1.165) is 29.8 Å². The van der Waals surface area contributed by atoms with E-state index in [-0.39, 0.29) is 23.1 Å². The summed E-state index contributed by atoms with van der Waals surface area (Å²) in [6.45, 7) is 3.21. The summed E-state index contributed by atoms with van der Waals surface area (Å²) in [5.41, 5.74) is 0.994. The van der Waals surface area contributed by atoms with Crippen molar-refractivity contribution in [2.24, 2.45) is 0 Å². The molecule has 0 aromatic carbocycles. The van der Waals surface area contributed by atoms with Gasteiger partial charge in [-0.2, -0.15) is 0 Å². The minimum Gasteiger partial charge on any atom is -0.478 e. The summed E-state index contributed by atoms with van der Waals surface area (Å²) in [4.78, 5) is 29.5. The third-order valence-electron chi connectivity index (χ3n) is 3.75. The summed E-state index contributed by atoms with van der Waals surface area (Å²) < 4.78 is 5.10. The van der Waals surface area contributed by atoms with Gasteiger partial charge in [-0.25, -0.2) is 9.78 Å². The molecule has 1 unspecified atom stereocenters. The van der Waals surface area contributed by atoms with Crippen molar-refractivity contribution in [3.8, 4) is 0 Å². The number of hydrogen-bond acceptors (Lipinski definition) is 5. The molecule has 116 valence electrons. The summed E-state index contributed by atoms with van der Waals surface area (Å²) in [6, 6.07) is 1.28. The fourth-order valence-corrected chi connectivity index (χ4v) is 3.56. The van der Waals surface area contributed by atoms with Crippen LogP contribution < -0.4 is 0 Å². The fourth-order valence-electron chi connectivity index (χ4n) is 2.64. The lowest BCUT2D eigenvalue weighted by atomic mass is 9.98. The molecule has 0 aliphatic carbocycles. The number of carboxylic acid groups (broad SMARTS) is 1. The smallest absolute Gasteiger partial charge is 0.338 e. The number of aromatic carboxylic acids is 1. The van der Waals surface area contributed by atoms with E-state index in [2.05, 4.69) is 4.98 Å². The van der Waals surface area contributed by atoms with E-state index < -0.39 is 5.97 Å². The summed E-state index contributed by atoms with van der Waals surface area (Å²) in [5, 5.41) is 12.0. The van der Waals surface area contributed by atoms with Crippen LogP contribution in [-0.4, -0.2) is 40.0 Å². The Morgan fingerprint density at radius 3 is 2.95 bits per heavy atom. The van der Waals surface area contributed by atoms with Crippen molar-refractivity contribution in [3.63, 3.8) is 0 Å². The number of aromatic nitrogens is 1. The molecule has 1 amide bonds. The van der Waals surface area contributed by atoms with E-state index >= 15 is 0 Å². The van der Waals surface area contributed by atoms with Crippen LogP contribution in [0, 0.1) is 6.92 Å². The molecule has 3 heterocycles. The standard InChI is InChI=1S/C15H16N2O4S/c1-9-8-22-13(16-9)10-3-2-4-17(6-10)14(18)12-5-11(7-21-12)15(19)20/h5,7-8,10H,2-4,6H2,1H3,(H,19,20). The first-order chi connectivity index (χ1) is 10.5. The molecule has 2 aromatic heterocycles. The number of carboxylic acids is 1. The minimum absolute atomic E-state index is 0.00698. The predicted octanol–water partition coefficient (Wildman–Crippen LogP) is 2.76. The quantitative estimate of drug-likeness (QED) is 0.940. The Balaban J connectivity index is 1.73. The second-order valence-electron chi connectivity index (χ2n) is 5.42. The van der Waals surface area contributed by atoms with Crippen LogP contribution in [-0.2, 0) is 0 Å². The molecule has 1 saturated heterocycles. The van der Waals surface area contributed by atoms with Gasteiger partial charge in [0, 0.05) is 36.1 Å². The van der Waals surface area contributed by atoms with Crippen LogP contribution in [0.1, 0.15) is 50.4 Å². The molecule has 6 nitrogen and oxygen atoms in total. The van der Waals surface area contributed by atoms with Gasteiger partial charge in [0.15, 0.2) is 5.76 Å². The number of nitrogens with zero attached hydrogens (tertiary/aromatic N) is 2. The second kappa shape index (κ2) is 5.92. The minimum atomic E-state index is -1.10. The number of hydrogen-bond donors (Lipinski definition) is 1. The first-order valence-corrected chi connectivity index (χ1v) is 7.95. The molecule has 2 aromatic rings. The Bertz CT molecular complexity index is 706. The first kappa shape index (κ1) is 14.8. The van der Waals surface area contributed by atoms with E-state index in [1.54, 1.807) is 16.2 Å². The maximum atomic E-state index is 12.4. The molecule has 0 spiro atoms. The van der Waals surface area contributed by atoms with Crippen molar-refractivity contribution in [2.75, 3.05) is 13.1 Å². The summed E-state index contributed by atoms with van der Waals surface area (Å²) in [6.07, 6.45) is 3.01. The molecule has 1 aliphatic rings. The van der Waals surface area contributed by atoms with Gasteiger partial charge in [-0.15, -0.1) is 11.3 Å². The number of aryl methyl sites for hydroxylation is 1. The highest BCUT2D eigenvalue weighted by Crippen LogP contribution is 2.30. The van der Waals surface area contributed by atoms with Gasteiger partial charge in [0.1, 0.15) is 6.26 Å². The number of carbonyl (C=O) groups excluding carboxylic acids is 1. The lowest BCUT2D eigenvalue weighted by Gasteiger charge is -2.31.